The lowest BCUT2D eigenvalue weighted by molar-refractivity contribution is -0.139. The van der Waals surface area contributed by atoms with Gasteiger partial charge in [-0.25, -0.2) is 0 Å². The van der Waals surface area contributed by atoms with E-state index < -0.39 is 0 Å². The van der Waals surface area contributed by atoms with Gasteiger partial charge in [0.05, 0.1) is 25.8 Å². The molecule has 5 nitrogen and oxygen atoms in total. The minimum Gasteiger partial charge on any atom is -0.497 e. The number of rotatable bonds is 4. The predicted octanol–water partition coefficient (Wildman–Crippen LogP) is 3.42. The first-order valence-corrected chi connectivity index (χ1v) is 9.39. The molecule has 0 bridgehead atoms. The second-order valence-corrected chi connectivity index (χ2v) is 7.30. The minimum absolute atomic E-state index is 0.154. The van der Waals surface area contributed by atoms with Gasteiger partial charge in [0.15, 0.2) is 5.60 Å². The molecular weight excluding hydrogens is 340 g/mol. The number of hydrogen-bond acceptors (Lipinski definition) is 4. The second kappa shape index (κ2) is 7.43. The van der Waals surface area contributed by atoms with Crippen LogP contribution in [0.5, 0.6) is 5.75 Å². The Bertz CT molecular complexity index is 832. The highest BCUT2D eigenvalue weighted by atomic mass is 16.7. The Morgan fingerprint density at radius 3 is 2.70 bits per heavy atom. The molecule has 0 saturated carbocycles. The van der Waals surface area contributed by atoms with Gasteiger partial charge in [-0.05, 0) is 48.2 Å². The Morgan fingerprint density at radius 1 is 1.19 bits per heavy atom. The number of carbonyl (C=O) groups is 1. The fourth-order valence-electron chi connectivity index (χ4n) is 3.87. The molecule has 0 aromatic heterocycles. The first-order chi connectivity index (χ1) is 13.2. The van der Waals surface area contributed by atoms with E-state index in [0.29, 0.717) is 13.0 Å². The summed E-state index contributed by atoms with van der Waals surface area (Å²) >= 11 is 0. The van der Waals surface area contributed by atoms with Crippen LogP contribution in [0.15, 0.2) is 59.8 Å². The van der Waals surface area contributed by atoms with Crippen molar-refractivity contribution in [3.8, 4) is 5.75 Å². The molecule has 0 aliphatic carbocycles. The van der Waals surface area contributed by atoms with Gasteiger partial charge < -0.3 is 14.5 Å². The Hall–Kier alpha value is -2.82. The average Bonchev–Trinajstić information content (AvgIpc) is 3.12. The molecule has 2 aliphatic rings. The summed E-state index contributed by atoms with van der Waals surface area (Å²) in [6.07, 6.45) is 3.02. The van der Waals surface area contributed by atoms with E-state index in [1.54, 1.807) is 7.11 Å². The van der Waals surface area contributed by atoms with E-state index in [2.05, 4.69) is 5.16 Å². The lowest BCUT2D eigenvalue weighted by Crippen LogP contribution is -2.50. The number of carbonyl (C=O) groups excluding carboxylic acids is 1. The van der Waals surface area contributed by atoms with Crippen LogP contribution in [0.3, 0.4) is 0 Å². The van der Waals surface area contributed by atoms with E-state index in [9.17, 15) is 4.79 Å². The average molecular weight is 364 g/mol. The Labute approximate surface area is 159 Å². The van der Waals surface area contributed by atoms with Crippen LogP contribution in [0.4, 0.5) is 0 Å². The van der Waals surface area contributed by atoms with Crippen molar-refractivity contribution >= 4 is 11.6 Å². The van der Waals surface area contributed by atoms with Crippen molar-refractivity contribution in [2.75, 3.05) is 20.2 Å². The monoisotopic (exact) mass is 364 g/mol. The number of hydrogen-bond donors (Lipinski definition) is 0. The van der Waals surface area contributed by atoms with Crippen molar-refractivity contribution in [2.24, 2.45) is 5.16 Å². The van der Waals surface area contributed by atoms with E-state index in [1.807, 2.05) is 59.5 Å². The molecule has 27 heavy (non-hydrogen) atoms. The van der Waals surface area contributed by atoms with Gasteiger partial charge in [0.25, 0.3) is 0 Å². The van der Waals surface area contributed by atoms with Gasteiger partial charge in [0, 0.05) is 13.0 Å². The van der Waals surface area contributed by atoms with Gasteiger partial charge in [0.2, 0.25) is 5.91 Å². The quantitative estimate of drug-likeness (QED) is 0.835. The maximum Gasteiger partial charge on any atom is 0.227 e. The van der Waals surface area contributed by atoms with Crippen LogP contribution in [-0.4, -0.2) is 42.3 Å². The summed E-state index contributed by atoms with van der Waals surface area (Å²) < 4.78 is 5.22. The lowest BCUT2D eigenvalue weighted by atomic mass is 9.86. The SMILES string of the molecule is COc1ccc(C2=NOC3(CCCN(C(=O)Cc4ccccc4)C3)C2)cc1. The number of amides is 1. The number of oxime groups is 1. The molecular formula is C22H24N2O3. The molecule has 0 N–H and O–H groups in total. The second-order valence-electron chi connectivity index (χ2n) is 7.30. The molecule has 0 radical (unpaired) electrons. The number of piperidine rings is 1. The van der Waals surface area contributed by atoms with Gasteiger partial charge in [-0.1, -0.05) is 35.5 Å². The number of nitrogens with zero attached hydrogens (tertiary/aromatic N) is 2. The van der Waals surface area contributed by atoms with Gasteiger partial charge in [-0.15, -0.1) is 0 Å². The molecule has 1 saturated heterocycles. The lowest BCUT2D eigenvalue weighted by Gasteiger charge is -2.38. The molecule has 5 heteroatoms. The third kappa shape index (κ3) is 3.82. The number of methoxy groups -OCH3 is 1. The molecule has 2 heterocycles. The van der Waals surface area contributed by atoms with Crippen LogP contribution >= 0.6 is 0 Å². The van der Waals surface area contributed by atoms with Gasteiger partial charge in [-0.2, -0.15) is 0 Å². The van der Waals surface area contributed by atoms with Gasteiger partial charge in [0.1, 0.15) is 5.75 Å². The van der Waals surface area contributed by atoms with E-state index in [-0.39, 0.29) is 11.5 Å². The van der Waals surface area contributed by atoms with E-state index in [4.69, 9.17) is 9.57 Å². The maximum atomic E-state index is 12.7. The Kier molecular flexibility index (Phi) is 4.84. The third-order valence-electron chi connectivity index (χ3n) is 5.35. The van der Waals surface area contributed by atoms with Crippen molar-refractivity contribution in [2.45, 2.75) is 31.3 Å². The smallest absolute Gasteiger partial charge is 0.227 e. The minimum atomic E-state index is -0.389. The molecule has 2 aromatic rings. The van der Waals surface area contributed by atoms with E-state index in [1.165, 1.54) is 0 Å². The Morgan fingerprint density at radius 2 is 1.96 bits per heavy atom. The van der Waals surface area contributed by atoms with Crippen molar-refractivity contribution < 1.29 is 14.4 Å². The molecule has 140 valence electrons. The standard InChI is InChI=1S/C22H24N2O3/c1-26-19-10-8-18(9-11-19)20-15-22(27-23-20)12-5-13-24(16-22)21(25)14-17-6-3-2-4-7-17/h2-4,6-11H,5,12-16H2,1H3. The van der Waals surface area contributed by atoms with Crippen LogP contribution < -0.4 is 4.74 Å². The van der Waals surface area contributed by atoms with E-state index in [0.717, 1.165) is 48.4 Å². The van der Waals surface area contributed by atoms with Crippen molar-refractivity contribution in [1.82, 2.24) is 4.90 Å². The van der Waals surface area contributed by atoms with Crippen LogP contribution in [0.25, 0.3) is 0 Å². The summed E-state index contributed by atoms with van der Waals surface area (Å²) in [5.41, 5.74) is 2.64. The van der Waals surface area contributed by atoms with Crippen molar-refractivity contribution in [1.29, 1.82) is 0 Å². The highest BCUT2D eigenvalue weighted by Gasteiger charge is 2.44. The molecule has 1 amide bonds. The van der Waals surface area contributed by atoms with Crippen molar-refractivity contribution in [3.63, 3.8) is 0 Å². The molecule has 1 fully saturated rings. The molecule has 2 aliphatic heterocycles. The first-order valence-electron chi connectivity index (χ1n) is 9.39. The summed E-state index contributed by atoms with van der Waals surface area (Å²) in [6, 6.07) is 17.8. The summed E-state index contributed by atoms with van der Waals surface area (Å²) in [7, 11) is 1.66. The number of benzene rings is 2. The molecule has 1 unspecified atom stereocenters. The highest BCUT2D eigenvalue weighted by molar-refractivity contribution is 6.01. The molecule has 1 atom stereocenters. The van der Waals surface area contributed by atoms with Crippen LogP contribution in [-0.2, 0) is 16.1 Å². The zero-order chi connectivity index (χ0) is 18.7. The number of ether oxygens (including phenoxy) is 1. The highest BCUT2D eigenvalue weighted by Crippen LogP contribution is 2.35. The topological polar surface area (TPSA) is 51.1 Å². The summed E-state index contributed by atoms with van der Waals surface area (Å²) in [6.45, 7) is 1.39. The van der Waals surface area contributed by atoms with Gasteiger partial charge in [-0.3, -0.25) is 4.79 Å². The predicted molar refractivity (Wildman–Crippen MR) is 104 cm³/mol. The summed E-state index contributed by atoms with van der Waals surface area (Å²) in [5.74, 6) is 0.977. The zero-order valence-corrected chi connectivity index (χ0v) is 15.6. The number of likely N-dealkylation sites (tertiary alicyclic amines) is 1. The normalized spacial score (nSPS) is 21.7. The molecule has 2 aromatic carbocycles. The summed E-state index contributed by atoms with van der Waals surface area (Å²) in [5, 5.41) is 4.35. The Balaban J connectivity index is 1.41. The molecule has 1 spiro atoms. The van der Waals surface area contributed by atoms with Crippen molar-refractivity contribution in [3.05, 3.63) is 65.7 Å². The largest absolute Gasteiger partial charge is 0.497 e. The van der Waals surface area contributed by atoms with Crippen LogP contribution in [0, 0.1) is 0 Å². The third-order valence-corrected chi connectivity index (χ3v) is 5.35. The first kappa shape index (κ1) is 17.6. The maximum absolute atomic E-state index is 12.7. The van der Waals surface area contributed by atoms with Crippen LogP contribution in [0.2, 0.25) is 0 Å². The summed E-state index contributed by atoms with van der Waals surface area (Å²) in [4.78, 5) is 20.6. The molecule has 4 rings (SSSR count). The fourth-order valence-corrected chi connectivity index (χ4v) is 3.87. The zero-order valence-electron chi connectivity index (χ0n) is 15.6. The van der Waals surface area contributed by atoms with Crippen LogP contribution in [0.1, 0.15) is 30.4 Å². The van der Waals surface area contributed by atoms with E-state index >= 15 is 0 Å². The fraction of sp³-hybridized carbons (Fsp3) is 0.364. The van der Waals surface area contributed by atoms with Gasteiger partial charge >= 0.3 is 0 Å².